The number of esters is 2. The summed E-state index contributed by atoms with van der Waals surface area (Å²) in [5.74, 6) is -4.77. The number of hydrogen-bond donors (Lipinski definition) is 1. The number of halogens is 5. The molecule has 0 unspecified atom stereocenters. The van der Waals surface area contributed by atoms with Crippen molar-refractivity contribution in [3.8, 4) is 5.75 Å². The highest BCUT2D eigenvalue weighted by molar-refractivity contribution is 6.31. The van der Waals surface area contributed by atoms with E-state index < -0.39 is 36.3 Å². The number of carbonyl (C=O) groups is 3. The molecule has 40 heavy (non-hydrogen) atoms. The number of nitrogens with zero attached hydrogens (tertiary/aromatic N) is 2. The van der Waals surface area contributed by atoms with Crippen molar-refractivity contribution in [2.24, 2.45) is 0 Å². The number of carbonyl (C=O) groups excluding carboxylic acids is 3. The fourth-order valence-corrected chi connectivity index (χ4v) is 3.75. The molecule has 0 saturated carbocycles. The van der Waals surface area contributed by atoms with Crippen molar-refractivity contribution in [3.05, 3.63) is 89.0 Å². The first-order valence-corrected chi connectivity index (χ1v) is 12.3. The molecule has 0 atom stereocenters. The van der Waals surface area contributed by atoms with Crippen molar-refractivity contribution in [1.29, 1.82) is 0 Å². The smallest absolute Gasteiger partial charge is 0.491 e. The number of pyridine rings is 1. The number of amides is 1. The summed E-state index contributed by atoms with van der Waals surface area (Å²) in [5, 5.41) is 3.36. The van der Waals surface area contributed by atoms with Crippen LogP contribution in [0.4, 0.5) is 23.2 Å². The van der Waals surface area contributed by atoms with Crippen LogP contribution >= 0.6 is 11.6 Å². The summed E-state index contributed by atoms with van der Waals surface area (Å²) in [7, 11) is 0. The molecule has 0 aliphatic rings. The number of alkyl halides is 3. The van der Waals surface area contributed by atoms with Crippen LogP contribution < -0.4 is 10.1 Å². The second-order valence-corrected chi connectivity index (χ2v) is 8.84. The molecule has 0 radical (unpaired) electrons. The van der Waals surface area contributed by atoms with Crippen molar-refractivity contribution >= 4 is 35.1 Å². The molecule has 1 N–H and O–H groups in total. The van der Waals surface area contributed by atoms with Crippen LogP contribution in [0.1, 0.15) is 28.8 Å². The molecular weight excluding hydrogens is 558 g/mol. The van der Waals surface area contributed by atoms with Crippen LogP contribution in [-0.2, 0) is 20.9 Å². The van der Waals surface area contributed by atoms with Crippen LogP contribution in [0.2, 0.25) is 5.02 Å². The number of ether oxygens (including phenoxy) is 2. The van der Waals surface area contributed by atoms with Gasteiger partial charge in [0.1, 0.15) is 18.2 Å². The van der Waals surface area contributed by atoms with E-state index in [2.05, 4.69) is 15.0 Å². The molecular formula is C27H24ClF4N3O5. The van der Waals surface area contributed by atoms with Crippen molar-refractivity contribution in [3.63, 3.8) is 0 Å². The first kappa shape index (κ1) is 30.4. The van der Waals surface area contributed by atoms with Gasteiger partial charge in [0.15, 0.2) is 0 Å². The third kappa shape index (κ3) is 9.84. The highest BCUT2D eigenvalue weighted by Gasteiger charge is 2.42. The van der Waals surface area contributed by atoms with Crippen LogP contribution in [0.25, 0.3) is 0 Å². The zero-order valence-corrected chi connectivity index (χ0v) is 21.7. The fourth-order valence-electron chi connectivity index (χ4n) is 3.52. The van der Waals surface area contributed by atoms with Crippen molar-refractivity contribution in [2.75, 3.05) is 25.0 Å². The Bertz CT molecular complexity index is 1330. The highest BCUT2D eigenvalue weighted by atomic mass is 35.5. The van der Waals surface area contributed by atoms with E-state index in [4.69, 9.17) is 16.3 Å². The summed E-state index contributed by atoms with van der Waals surface area (Å²) in [6.45, 7) is 0.482. The molecule has 1 aromatic heterocycles. The van der Waals surface area contributed by atoms with Gasteiger partial charge in [-0.3, -0.25) is 14.6 Å². The molecule has 3 rings (SSSR count). The van der Waals surface area contributed by atoms with Crippen LogP contribution in [-0.4, -0.2) is 53.6 Å². The Morgan fingerprint density at radius 2 is 1.77 bits per heavy atom. The van der Waals surface area contributed by atoms with Crippen LogP contribution in [0, 0.1) is 5.82 Å². The maximum absolute atomic E-state index is 13.7. The minimum Gasteiger partial charge on any atom is -0.492 e. The molecule has 0 fully saturated rings. The van der Waals surface area contributed by atoms with Gasteiger partial charge in [-0.2, -0.15) is 13.2 Å². The topological polar surface area (TPSA) is 97.8 Å². The Morgan fingerprint density at radius 3 is 2.48 bits per heavy atom. The van der Waals surface area contributed by atoms with E-state index in [-0.39, 0.29) is 36.7 Å². The zero-order chi connectivity index (χ0) is 29.1. The SMILES string of the molecule is O=C(CCCN(Cc1cccc(F)c1)C(=O)c1cc(Cl)cc(OCCNc2ccncc2)c1)OC(=O)C(F)(F)F. The number of anilines is 1. The number of rotatable bonds is 12. The number of aromatic nitrogens is 1. The first-order chi connectivity index (χ1) is 19.0. The number of nitrogens with one attached hydrogen (secondary N) is 1. The lowest BCUT2D eigenvalue weighted by atomic mass is 10.1. The lowest BCUT2D eigenvalue weighted by Crippen LogP contribution is -2.32. The molecule has 3 aromatic rings. The largest absolute Gasteiger partial charge is 0.492 e. The van der Waals surface area contributed by atoms with Gasteiger partial charge >= 0.3 is 18.1 Å². The Kier molecular flexibility index (Phi) is 10.8. The van der Waals surface area contributed by atoms with E-state index in [1.165, 1.54) is 41.3 Å². The van der Waals surface area contributed by atoms with E-state index in [1.807, 2.05) is 0 Å². The van der Waals surface area contributed by atoms with Gasteiger partial charge in [0.05, 0.1) is 0 Å². The van der Waals surface area contributed by atoms with Gasteiger partial charge in [0.2, 0.25) is 0 Å². The Hall–Kier alpha value is -4.19. The molecule has 13 heteroatoms. The second-order valence-electron chi connectivity index (χ2n) is 8.41. The van der Waals surface area contributed by atoms with Crippen molar-refractivity contribution in [1.82, 2.24) is 9.88 Å². The third-order valence-corrected chi connectivity index (χ3v) is 5.51. The summed E-state index contributed by atoms with van der Waals surface area (Å²) < 4.78 is 60.3. The maximum atomic E-state index is 13.7. The molecule has 0 aliphatic heterocycles. The molecule has 1 heterocycles. The molecule has 0 saturated heterocycles. The quantitative estimate of drug-likeness (QED) is 0.132. The molecule has 212 valence electrons. The highest BCUT2D eigenvalue weighted by Crippen LogP contribution is 2.23. The summed E-state index contributed by atoms with van der Waals surface area (Å²) in [5.41, 5.74) is 1.42. The van der Waals surface area contributed by atoms with Gasteiger partial charge in [-0.25, -0.2) is 9.18 Å². The third-order valence-electron chi connectivity index (χ3n) is 5.30. The van der Waals surface area contributed by atoms with E-state index in [0.717, 1.165) is 5.69 Å². The number of benzene rings is 2. The predicted molar refractivity (Wildman–Crippen MR) is 137 cm³/mol. The summed E-state index contributed by atoms with van der Waals surface area (Å²) in [6.07, 6.45) is -2.73. The Morgan fingerprint density at radius 1 is 1.02 bits per heavy atom. The minimum atomic E-state index is -5.31. The van der Waals surface area contributed by atoms with E-state index in [0.29, 0.717) is 17.9 Å². The lowest BCUT2D eigenvalue weighted by Gasteiger charge is -2.23. The van der Waals surface area contributed by atoms with Crippen molar-refractivity contribution < 1.29 is 41.4 Å². The molecule has 2 aromatic carbocycles. The van der Waals surface area contributed by atoms with Gasteiger partial charge in [-0.1, -0.05) is 23.7 Å². The average Bonchev–Trinajstić information content (AvgIpc) is 2.90. The molecule has 1 amide bonds. The Balaban J connectivity index is 1.67. The minimum absolute atomic E-state index is 0.0777. The van der Waals surface area contributed by atoms with Crippen LogP contribution in [0.15, 0.2) is 67.0 Å². The standard InChI is InChI=1S/C27H24ClF4N3O5/c28-20-14-19(15-23(16-20)39-12-10-34-22-6-8-33-9-7-22)25(37)35(17-18-3-1-4-21(29)13-18)11-2-5-24(36)40-26(38)27(30,31)32/h1,3-4,6-9,13-16H,2,5,10-12,17H2,(H,33,34). The van der Waals surface area contributed by atoms with Gasteiger partial charge in [-0.05, 0) is 54.4 Å². The van der Waals surface area contributed by atoms with Crippen LogP contribution in [0.5, 0.6) is 5.75 Å². The van der Waals surface area contributed by atoms with Gasteiger partial charge in [-0.15, -0.1) is 0 Å². The van der Waals surface area contributed by atoms with E-state index in [9.17, 15) is 31.9 Å². The second kappa shape index (κ2) is 14.3. The average molecular weight is 582 g/mol. The monoisotopic (exact) mass is 581 g/mol. The normalized spacial score (nSPS) is 11.0. The lowest BCUT2D eigenvalue weighted by molar-refractivity contribution is -0.201. The summed E-state index contributed by atoms with van der Waals surface area (Å²) in [6, 6.07) is 13.5. The first-order valence-electron chi connectivity index (χ1n) is 11.9. The van der Waals surface area contributed by atoms with E-state index >= 15 is 0 Å². The van der Waals surface area contributed by atoms with Crippen molar-refractivity contribution in [2.45, 2.75) is 25.6 Å². The molecule has 0 aliphatic carbocycles. The number of hydrogen-bond acceptors (Lipinski definition) is 7. The van der Waals surface area contributed by atoms with Crippen LogP contribution in [0.3, 0.4) is 0 Å². The molecule has 8 nitrogen and oxygen atoms in total. The van der Waals surface area contributed by atoms with Gasteiger partial charge < -0.3 is 19.7 Å². The summed E-state index contributed by atoms with van der Waals surface area (Å²) in [4.78, 5) is 41.2. The maximum Gasteiger partial charge on any atom is 0.491 e. The van der Waals surface area contributed by atoms with E-state index in [1.54, 1.807) is 30.6 Å². The predicted octanol–water partition coefficient (Wildman–Crippen LogP) is 5.42. The summed E-state index contributed by atoms with van der Waals surface area (Å²) >= 11 is 6.21. The molecule has 0 spiro atoms. The fraction of sp³-hybridized carbons (Fsp3) is 0.259. The van der Waals surface area contributed by atoms with Gasteiger partial charge in [0.25, 0.3) is 5.91 Å². The van der Waals surface area contributed by atoms with Gasteiger partial charge in [0, 0.05) is 54.7 Å². The zero-order valence-electron chi connectivity index (χ0n) is 20.9. The molecule has 0 bridgehead atoms. The Labute approximate surface area is 231 Å².